The number of hydrogen-bond acceptors (Lipinski definition) is 5. The van der Waals surface area contributed by atoms with E-state index in [-0.39, 0.29) is 28.2 Å². The number of furan rings is 2. The van der Waals surface area contributed by atoms with Gasteiger partial charge < -0.3 is 14.5 Å². The number of ether oxygens (including phenoxy) is 1. The van der Waals surface area contributed by atoms with Crippen molar-refractivity contribution in [1.82, 2.24) is 0 Å². The Hall–Kier alpha value is -2.37. The molecule has 1 amide bonds. The van der Waals surface area contributed by atoms with Crippen LogP contribution in [0.15, 0.2) is 10.5 Å². The van der Waals surface area contributed by atoms with E-state index in [0.717, 1.165) is 0 Å². The predicted octanol–water partition coefficient (Wildman–Crippen LogP) is 1.14. The maximum absolute atomic E-state index is 11.3. The summed E-state index contributed by atoms with van der Waals surface area (Å²) < 4.78 is 9.67. The zero-order valence-electron chi connectivity index (χ0n) is 8.12. The zero-order valence-corrected chi connectivity index (χ0v) is 8.12. The van der Waals surface area contributed by atoms with E-state index in [9.17, 15) is 14.4 Å². The average Bonchev–Trinajstić information content (AvgIpc) is 2.78. The molecule has 0 saturated carbocycles. The minimum atomic E-state index is -0.735. The van der Waals surface area contributed by atoms with Gasteiger partial charge >= 0.3 is 11.9 Å². The van der Waals surface area contributed by atoms with Crippen LogP contribution in [0.3, 0.4) is 0 Å². The van der Waals surface area contributed by atoms with Gasteiger partial charge in [-0.25, -0.2) is 9.59 Å². The van der Waals surface area contributed by atoms with Gasteiger partial charge in [-0.3, -0.25) is 4.79 Å². The van der Waals surface area contributed by atoms with E-state index >= 15 is 0 Å². The zero-order chi connectivity index (χ0) is 11.4. The number of anilines is 1. The molecule has 0 aliphatic carbocycles. The molecule has 0 saturated heterocycles. The maximum Gasteiger partial charge on any atom is 0.350 e. The van der Waals surface area contributed by atoms with Gasteiger partial charge in [0.15, 0.2) is 5.58 Å². The third-order valence-electron chi connectivity index (χ3n) is 2.36. The maximum atomic E-state index is 11.3. The molecular formula is C10H5NO5. The largest absolute Gasteiger partial charge is 0.453 e. The van der Waals surface area contributed by atoms with Crippen molar-refractivity contribution in [3.05, 3.63) is 17.2 Å². The molecule has 3 rings (SSSR count). The van der Waals surface area contributed by atoms with Crippen LogP contribution in [0, 0.1) is 0 Å². The van der Waals surface area contributed by atoms with Gasteiger partial charge in [0.05, 0.1) is 5.69 Å². The minimum Gasteiger partial charge on any atom is -0.453 e. The van der Waals surface area contributed by atoms with Crippen LogP contribution in [-0.4, -0.2) is 17.8 Å². The number of fused-ring (bicyclic) bond motifs is 5. The Bertz CT molecular complexity index is 639. The van der Waals surface area contributed by atoms with Crippen LogP contribution in [0.25, 0.3) is 11.2 Å². The first-order valence-corrected chi connectivity index (χ1v) is 4.51. The number of nitrogens with one attached hydrogen (secondary N) is 1. The molecule has 0 atom stereocenters. The molecule has 80 valence electrons. The molecule has 0 radical (unpaired) electrons. The lowest BCUT2D eigenvalue weighted by molar-refractivity contribution is -0.114. The standard InChI is InChI=1S/C10H5NO5/c1-3(12)11-4-2-5-6-7(8(4)15-5)10(14)16-9(6)13/h2H,1H3,(H,11,12). The van der Waals surface area contributed by atoms with Crippen LogP contribution in [0.1, 0.15) is 27.6 Å². The van der Waals surface area contributed by atoms with E-state index in [0.29, 0.717) is 5.69 Å². The summed E-state index contributed by atoms with van der Waals surface area (Å²) in [7, 11) is 0. The Morgan fingerprint density at radius 2 is 1.94 bits per heavy atom. The summed E-state index contributed by atoms with van der Waals surface area (Å²) >= 11 is 0. The van der Waals surface area contributed by atoms with E-state index in [4.69, 9.17) is 4.42 Å². The lowest BCUT2D eigenvalue weighted by atomic mass is 10.1. The summed E-state index contributed by atoms with van der Waals surface area (Å²) in [5.41, 5.74) is 1.08. The molecule has 3 heterocycles. The fourth-order valence-corrected chi connectivity index (χ4v) is 1.80. The molecule has 0 spiro atoms. The number of esters is 2. The van der Waals surface area contributed by atoms with Crippen LogP contribution in [0.5, 0.6) is 0 Å². The van der Waals surface area contributed by atoms with Crippen LogP contribution in [0.2, 0.25) is 0 Å². The first-order valence-electron chi connectivity index (χ1n) is 4.51. The second-order valence-corrected chi connectivity index (χ2v) is 3.46. The van der Waals surface area contributed by atoms with Crippen LogP contribution < -0.4 is 5.32 Å². The Morgan fingerprint density at radius 3 is 2.62 bits per heavy atom. The van der Waals surface area contributed by atoms with Gasteiger partial charge in [-0.05, 0) is 0 Å². The van der Waals surface area contributed by atoms with Crippen molar-refractivity contribution in [2.45, 2.75) is 6.92 Å². The normalized spacial score (nSPS) is 14.3. The first kappa shape index (κ1) is 8.90. The van der Waals surface area contributed by atoms with Crippen molar-refractivity contribution in [2.75, 3.05) is 5.32 Å². The van der Waals surface area contributed by atoms with E-state index in [1.54, 1.807) is 0 Å². The van der Waals surface area contributed by atoms with Crippen molar-refractivity contribution in [1.29, 1.82) is 0 Å². The van der Waals surface area contributed by atoms with Crippen LogP contribution in [-0.2, 0) is 9.53 Å². The number of carbonyl (C=O) groups is 3. The van der Waals surface area contributed by atoms with Gasteiger partial charge in [0.2, 0.25) is 5.91 Å². The van der Waals surface area contributed by atoms with E-state index in [1.807, 2.05) is 0 Å². The number of amides is 1. The summed E-state index contributed by atoms with van der Waals surface area (Å²) in [5, 5.41) is 2.51. The number of carbonyl (C=O) groups excluding carboxylic acids is 3. The molecular weight excluding hydrogens is 214 g/mol. The van der Waals surface area contributed by atoms with Crippen molar-refractivity contribution in [2.24, 2.45) is 0 Å². The quantitative estimate of drug-likeness (QED) is 0.574. The molecule has 0 fully saturated rings. The Kier molecular flexibility index (Phi) is 1.45. The fourth-order valence-electron chi connectivity index (χ4n) is 1.80. The third kappa shape index (κ3) is 0.928. The Labute approximate surface area is 88.5 Å². The number of rotatable bonds is 1. The lowest BCUT2D eigenvalue weighted by Gasteiger charge is -1.97. The molecule has 16 heavy (non-hydrogen) atoms. The van der Waals surface area contributed by atoms with Crippen molar-refractivity contribution >= 4 is 34.7 Å². The number of benzene rings is 1. The number of cyclic esters (lactones) is 2. The summed E-state index contributed by atoms with van der Waals surface area (Å²) in [6.07, 6.45) is 0. The third-order valence-corrected chi connectivity index (χ3v) is 2.36. The smallest absolute Gasteiger partial charge is 0.350 e. The van der Waals surface area contributed by atoms with E-state index < -0.39 is 11.9 Å². The highest BCUT2D eigenvalue weighted by Crippen LogP contribution is 2.39. The topological polar surface area (TPSA) is 85.6 Å². The fraction of sp³-hybridized carbons (Fsp3) is 0.100. The molecule has 6 heteroatoms. The van der Waals surface area contributed by atoms with Crippen molar-refractivity contribution in [3.63, 3.8) is 0 Å². The van der Waals surface area contributed by atoms with Gasteiger partial charge in [-0.2, -0.15) is 0 Å². The van der Waals surface area contributed by atoms with Crippen molar-refractivity contribution < 1.29 is 23.5 Å². The summed E-state index contributed by atoms with van der Waals surface area (Å²) in [4.78, 5) is 33.5. The van der Waals surface area contributed by atoms with Gasteiger partial charge in [0.1, 0.15) is 16.7 Å². The van der Waals surface area contributed by atoms with Gasteiger partial charge in [-0.15, -0.1) is 0 Å². The highest BCUT2D eigenvalue weighted by molar-refractivity contribution is 6.24. The van der Waals surface area contributed by atoms with Crippen LogP contribution >= 0.6 is 0 Å². The predicted molar refractivity (Wildman–Crippen MR) is 51.4 cm³/mol. The second-order valence-electron chi connectivity index (χ2n) is 3.46. The van der Waals surface area contributed by atoms with Gasteiger partial charge in [0.25, 0.3) is 0 Å². The van der Waals surface area contributed by atoms with Gasteiger partial charge in [0, 0.05) is 13.0 Å². The molecule has 2 aromatic heterocycles. The Morgan fingerprint density at radius 1 is 1.25 bits per heavy atom. The lowest BCUT2D eigenvalue weighted by Crippen LogP contribution is -2.06. The molecule has 0 unspecified atom stereocenters. The van der Waals surface area contributed by atoms with Gasteiger partial charge in [-0.1, -0.05) is 0 Å². The Balaban J connectivity index is 2.23. The summed E-state index contributed by atoms with van der Waals surface area (Å²) in [5.74, 6) is -1.72. The SMILES string of the molecule is CC(=O)Nc1cc2oc1c1c2C(=O)OC1=O. The summed E-state index contributed by atoms with van der Waals surface area (Å²) in [6.45, 7) is 1.34. The molecule has 1 N–H and O–H groups in total. The van der Waals surface area contributed by atoms with E-state index in [2.05, 4.69) is 10.1 Å². The second kappa shape index (κ2) is 2.60. The molecule has 0 aromatic carbocycles. The minimum absolute atomic E-state index is 0.103. The average molecular weight is 219 g/mol. The molecule has 1 aliphatic heterocycles. The molecule has 2 bridgehead atoms. The highest BCUT2D eigenvalue weighted by Gasteiger charge is 2.39. The monoisotopic (exact) mass is 219 g/mol. The van der Waals surface area contributed by atoms with Crippen LogP contribution in [0.4, 0.5) is 5.69 Å². The number of hydrogen-bond donors (Lipinski definition) is 1. The highest BCUT2D eigenvalue weighted by atomic mass is 16.6. The first-order chi connectivity index (χ1) is 7.58. The molecule has 2 aromatic rings. The summed E-state index contributed by atoms with van der Waals surface area (Å²) in [6, 6.07) is 1.50. The molecule has 6 nitrogen and oxygen atoms in total. The molecule has 1 aliphatic rings. The van der Waals surface area contributed by atoms with E-state index in [1.165, 1.54) is 13.0 Å². The van der Waals surface area contributed by atoms with Crippen molar-refractivity contribution in [3.8, 4) is 0 Å².